The number of carbonyl (C=O) groups excluding carboxylic acids is 2. The summed E-state index contributed by atoms with van der Waals surface area (Å²) in [5.41, 5.74) is 2.43. The molecule has 1 aromatic carbocycles. The van der Waals surface area contributed by atoms with Crippen molar-refractivity contribution >= 4 is 38.2 Å². The lowest BCUT2D eigenvalue weighted by Gasteiger charge is -2.31. The van der Waals surface area contributed by atoms with Crippen molar-refractivity contribution in [1.29, 1.82) is 0 Å². The molecular weight excluding hydrogens is 448 g/mol. The summed E-state index contributed by atoms with van der Waals surface area (Å²) in [4.78, 5) is 26.9. The van der Waals surface area contributed by atoms with Gasteiger partial charge in [0.15, 0.2) is 0 Å². The normalized spacial score (nSPS) is 19.2. The molecule has 1 fully saturated rings. The van der Waals surface area contributed by atoms with Gasteiger partial charge in [0.2, 0.25) is 15.9 Å². The van der Waals surface area contributed by atoms with Crippen LogP contribution in [0, 0.1) is 12.8 Å². The van der Waals surface area contributed by atoms with E-state index in [1.54, 1.807) is 24.3 Å². The number of hydrogen-bond donors (Lipinski definition) is 1. The van der Waals surface area contributed by atoms with Gasteiger partial charge < -0.3 is 10.1 Å². The summed E-state index contributed by atoms with van der Waals surface area (Å²) in [6.07, 6.45) is 4.98. The van der Waals surface area contributed by atoms with Crippen molar-refractivity contribution in [3.8, 4) is 0 Å². The van der Waals surface area contributed by atoms with E-state index < -0.39 is 21.9 Å². The number of nitrogens with one attached hydrogen (secondary N) is 1. The lowest BCUT2D eigenvalue weighted by Crippen LogP contribution is -2.43. The van der Waals surface area contributed by atoms with E-state index in [-0.39, 0.29) is 17.3 Å². The van der Waals surface area contributed by atoms with Gasteiger partial charge in [-0.1, -0.05) is 17.7 Å². The van der Waals surface area contributed by atoms with Crippen LogP contribution in [0.25, 0.3) is 0 Å². The number of piperidine rings is 1. The van der Waals surface area contributed by atoms with Gasteiger partial charge in [0, 0.05) is 18.0 Å². The van der Waals surface area contributed by atoms with Crippen LogP contribution in [0.3, 0.4) is 0 Å². The summed E-state index contributed by atoms with van der Waals surface area (Å²) in [7, 11) is -2.32. The van der Waals surface area contributed by atoms with Crippen LogP contribution in [0.1, 0.15) is 52.0 Å². The minimum absolute atomic E-state index is 0.126. The van der Waals surface area contributed by atoms with E-state index in [1.165, 1.54) is 22.8 Å². The SMILES string of the molecule is COC(=O)c1c(NC(=O)[C@H]2CCCN(S(=O)(=O)c3ccc(C)cc3)C2)sc2c1CCCC2. The Kier molecular flexibility index (Phi) is 6.69. The van der Waals surface area contributed by atoms with E-state index in [9.17, 15) is 18.0 Å². The minimum Gasteiger partial charge on any atom is -0.465 e. The second-order valence-corrected chi connectivity index (χ2v) is 11.5. The van der Waals surface area contributed by atoms with Crippen molar-refractivity contribution in [2.45, 2.75) is 50.3 Å². The van der Waals surface area contributed by atoms with Gasteiger partial charge in [-0.15, -0.1) is 11.3 Å². The summed E-state index contributed by atoms with van der Waals surface area (Å²) >= 11 is 1.44. The van der Waals surface area contributed by atoms with Crippen molar-refractivity contribution in [3.05, 3.63) is 45.8 Å². The van der Waals surface area contributed by atoms with Crippen molar-refractivity contribution < 1.29 is 22.7 Å². The average molecular weight is 477 g/mol. The highest BCUT2D eigenvalue weighted by molar-refractivity contribution is 7.89. The van der Waals surface area contributed by atoms with Crippen molar-refractivity contribution in [2.75, 3.05) is 25.5 Å². The molecule has 4 rings (SSSR count). The standard InChI is InChI=1S/C23H28N2O5S2/c1-15-9-11-17(12-10-15)32(28,29)25-13-5-6-16(14-25)21(26)24-22-20(23(27)30-2)18-7-3-4-8-19(18)31-22/h9-12,16H,3-8,13-14H2,1-2H3,(H,24,26)/t16-/m0/s1. The highest BCUT2D eigenvalue weighted by atomic mass is 32.2. The first-order valence-corrected chi connectivity index (χ1v) is 13.2. The molecule has 7 nitrogen and oxygen atoms in total. The van der Waals surface area contributed by atoms with Crippen LogP contribution >= 0.6 is 11.3 Å². The van der Waals surface area contributed by atoms with Crippen LogP contribution in [0.5, 0.6) is 0 Å². The number of ether oxygens (including phenoxy) is 1. The summed E-state index contributed by atoms with van der Waals surface area (Å²) < 4.78 is 32.5. The quantitative estimate of drug-likeness (QED) is 0.664. The topological polar surface area (TPSA) is 92.8 Å². The van der Waals surface area contributed by atoms with Gasteiger partial charge in [-0.05, 0) is 63.1 Å². The summed E-state index contributed by atoms with van der Waals surface area (Å²) in [5, 5.41) is 3.45. The van der Waals surface area contributed by atoms with E-state index in [1.807, 2.05) is 6.92 Å². The molecule has 0 saturated carbocycles. The van der Waals surface area contributed by atoms with Gasteiger partial charge in [0.05, 0.1) is 23.5 Å². The molecule has 2 aromatic rings. The third kappa shape index (κ3) is 4.46. The fourth-order valence-corrected chi connectivity index (χ4v) is 7.22. The monoisotopic (exact) mass is 476 g/mol. The molecule has 172 valence electrons. The Balaban J connectivity index is 1.53. The van der Waals surface area contributed by atoms with E-state index >= 15 is 0 Å². The number of benzene rings is 1. The van der Waals surface area contributed by atoms with Crippen LogP contribution in [0.2, 0.25) is 0 Å². The minimum atomic E-state index is -3.66. The second kappa shape index (κ2) is 9.33. The zero-order valence-electron chi connectivity index (χ0n) is 18.3. The summed E-state index contributed by atoms with van der Waals surface area (Å²) in [6.45, 7) is 2.42. The van der Waals surface area contributed by atoms with Crippen molar-refractivity contribution in [3.63, 3.8) is 0 Å². The van der Waals surface area contributed by atoms with Crippen LogP contribution in [0.15, 0.2) is 29.2 Å². The van der Waals surface area contributed by atoms with Gasteiger partial charge in [-0.2, -0.15) is 4.31 Å². The van der Waals surface area contributed by atoms with Gasteiger partial charge in [-0.25, -0.2) is 13.2 Å². The molecule has 1 N–H and O–H groups in total. The smallest absolute Gasteiger partial charge is 0.341 e. The first-order valence-electron chi connectivity index (χ1n) is 10.9. The number of anilines is 1. The maximum Gasteiger partial charge on any atom is 0.341 e. The van der Waals surface area contributed by atoms with Gasteiger partial charge >= 0.3 is 5.97 Å². The molecule has 0 unspecified atom stereocenters. The molecule has 1 aliphatic carbocycles. The predicted octanol–water partition coefficient (Wildman–Crippen LogP) is 3.76. The molecule has 1 amide bonds. The Bertz CT molecular complexity index is 1120. The third-order valence-corrected chi connectivity index (χ3v) is 9.30. The van der Waals surface area contributed by atoms with E-state index in [2.05, 4.69) is 5.32 Å². The van der Waals surface area contributed by atoms with E-state index in [0.29, 0.717) is 30.0 Å². The first-order chi connectivity index (χ1) is 15.3. The fourth-order valence-electron chi connectivity index (χ4n) is 4.42. The molecule has 0 radical (unpaired) electrons. The van der Waals surface area contributed by atoms with Crippen LogP contribution in [-0.4, -0.2) is 44.8 Å². The number of nitrogens with zero attached hydrogens (tertiary/aromatic N) is 1. The van der Waals surface area contributed by atoms with Crippen LogP contribution < -0.4 is 5.32 Å². The number of amides is 1. The summed E-state index contributed by atoms with van der Waals surface area (Å²) in [5.74, 6) is -1.17. The molecule has 1 aromatic heterocycles. The molecule has 32 heavy (non-hydrogen) atoms. The van der Waals surface area contributed by atoms with Crippen LogP contribution in [-0.2, 0) is 32.4 Å². The molecule has 1 atom stereocenters. The Morgan fingerprint density at radius 2 is 1.84 bits per heavy atom. The van der Waals surface area contributed by atoms with Gasteiger partial charge in [0.1, 0.15) is 5.00 Å². The molecule has 2 aliphatic rings. The highest BCUT2D eigenvalue weighted by Gasteiger charge is 2.34. The number of hydrogen-bond acceptors (Lipinski definition) is 6. The maximum absolute atomic E-state index is 13.1. The second-order valence-electron chi connectivity index (χ2n) is 8.41. The zero-order chi connectivity index (χ0) is 22.9. The number of sulfonamides is 1. The molecule has 1 saturated heterocycles. The zero-order valence-corrected chi connectivity index (χ0v) is 20.0. The Labute approximate surface area is 192 Å². The Hall–Kier alpha value is -2.23. The maximum atomic E-state index is 13.1. The molecule has 9 heteroatoms. The highest BCUT2D eigenvalue weighted by Crippen LogP contribution is 2.39. The molecule has 0 spiro atoms. The number of methoxy groups -OCH3 is 1. The molecular formula is C23H28N2O5S2. The Morgan fingerprint density at radius 3 is 2.56 bits per heavy atom. The molecule has 1 aliphatic heterocycles. The van der Waals surface area contributed by atoms with Crippen LogP contribution in [0.4, 0.5) is 5.00 Å². The molecule has 2 heterocycles. The largest absolute Gasteiger partial charge is 0.465 e. The summed E-state index contributed by atoms with van der Waals surface area (Å²) in [6, 6.07) is 6.75. The lowest BCUT2D eigenvalue weighted by molar-refractivity contribution is -0.120. The van der Waals surface area contributed by atoms with Gasteiger partial charge in [-0.3, -0.25) is 4.79 Å². The van der Waals surface area contributed by atoms with E-state index in [4.69, 9.17) is 4.74 Å². The fraction of sp³-hybridized carbons (Fsp3) is 0.478. The molecule has 0 bridgehead atoms. The van der Waals surface area contributed by atoms with E-state index in [0.717, 1.165) is 41.7 Å². The predicted molar refractivity (Wildman–Crippen MR) is 124 cm³/mol. The third-order valence-electron chi connectivity index (χ3n) is 6.21. The number of esters is 1. The van der Waals surface area contributed by atoms with Crippen molar-refractivity contribution in [2.24, 2.45) is 5.92 Å². The number of rotatable bonds is 5. The number of aryl methyl sites for hydroxylation is 2. The average Bonchev–Trinajstić information content (AvgIpc) is 3.16. The van der Waals surface area contributed by atoms with Crippen molar-refractivity contribution in [1.82, 2.24) is 4.31 Å². The van der Waals surface area contributed by atoms with Gasteiger partial charge in [0.25, 0.3) is 0 Å². The Morgan fingerprint density at radius 1 is 1.12 bits per heavy atom. The lowest BCUT2D eigenvalue weighted by atomic mass is 9.95. The number of carbonyl (C=O) groups is 2. The number of fused-ring (bicyclic) bond motifs is 1. The number of thiophene rings is 1. The first kappa shape index (κ1) is 22.9.